The Labute approximate surface area is 96.3 Å². The molecule has 0 fully saturated rings. The molecule has 0 bridgehead atoms. The highest BCUT2D eigenvalue weighted by Crippen LogP contribution is 2.14. The van der Waals surface area contributed by atoms with Crippen molar-refractivity contribution < 1.29 is 9.90 Å². The highest BCUT2D eigenvalue weighted by Gasteiger charge is 2.16. The van der Waals surface area contributed by atoms with Gasteiger partial charge in [0.05, 0.1) is 5.69 Å². The highest BCUT2D eigenvalue weighted by atomic mass is 16.3. The lowest BCUT2D eigenvalue weighted by molar-refractivity contribution is -0.121. The Morgan fingerprint density at radius 1 is 1.62 bits per heavy atom. The quantitative estimate of drug-likeness (QED) is 0.787. The van der Waals surface area contributed by atoms with Crippen molar-refractivity contribution in [2.45, 2.75) is 33.1 Å². The Hall–Kier alpha value is -1.16. The molecule has 1 aromatic heterocycles. The monoisotopic (exact) mass is 224 g/mol. The molecule has 0 radical (unpaired) electrons. The van der Waals surface area contributed by atoms with Crippen molar-refractivity contribution in [3.63, 3.8) is 0 Å². The summed E-state index contributed by atoms with van der Waals surface area (Å²) in [5.74, 6) is 0.0402. The number of aliphatic hydroxyl groups excluding tert-OH is 1. The Bertz CT molecular complexity index is 358. The smallest absolute Gasteiger partial charge is 0.133 e. The van der Waals surface area contributed by atoms with Gasteiger partial charge < -0.3 is 5.11 Å². The molecule has 1 atom stereocenters. The summed E-state index contributed by atoms with van der Waals surface area (Å²) in [4.78, 5) is 11.4. The molecule has 0 spiro atoms. The number of aryl methyl sites for hydroxylation is 2. The van der Waals surface area contributed by atoms with Crippen LogP contribution in [0.5, 0.6) is 0 Å². The number of carbonyl (C=O) groups excluding carboxylic acids is 1. The maximum Gasteiger partial charge on any atom is 0.133 e. The minimum Gasteiger partial charge on any atom is -0.396 e. The normalized spacial score (nSPS) is 12.8. The van der Waals surface area contributed by atoms with Crippen LogP contribution >= 0.6 is 0 Å². The van der Waals surface area contributed by atoms with Crippen molar-refractivity contribution in [1.82, 2.24) is 9.78 Å². The van der Waals surface area contributed by atoms with Crippen LogP contribution in [0, 0.1) is 5.92 Å². The molecule has 0 saturated carbocycles. The third-order valence-corrected chi connectivity index (χ3v) is 2.90. The van der Waals surface area contributed by atoms with Gasteiger partial charge in [-0.3, -0.25) is 9.48 Å². The molecular formula is C12H20N2O2. The lowest BCUT2D eigenvalue weighted by Gasteiger charge is -2.11. The van der Waals surface area contributed by atoms with Crippen LogP contribution in [0.3, 0.4) is 0 Å². The van der Waals surface area contributed by atoms with Gasteiger partial charge in [0.1, 0.15) is 5.78 Å². The van der Waals surface area contributed by atoms with Gasteiger partial charge in [0.25, 0.3) is 0 Å². The first-order valence-corrected chi connectivity index (χ1v) is 5.71. The Morgan fingerprint density at radius 3 is 2.75 bits per heavy atom. The molecule has 1 heterocycles. The van der Waals surface area contributed by atoms with E-state index in [-0.39, 0.29) is 18.3 Å². The molecule has 4 heteroatoms. The van der Waals surface area contributed by atoms with Gasteiger partial charge in [-0.2, -0.15) is 5.10 Å². The van der Waals surface area contributed by atoms with E-state index in [0.717, 1.165) is 17.8 Å². The van der Waals surface area contributed by atoms with Crippen LogP contribution in [0.4, 0.5) is 0 Å². The maximum atomic E-state index is 11.4. The van der Waals surface area contributed by atoms with Crippen LogP contribution in [0.15, 0.2) is 6.07 Å². The van der Waals surface area contributed by atoms with Gasteiger partial charge in [0.15, 0.2) is 0 Å². The number of rotatable bonds is 6. The van der Waals surface area contributed by atoms with E-state index in [0.29, 0.717) is 12.8 Å². The molecule has 16 heavy (non-hydrogen) atoms. The van der Waals surface area contributed by atoms with Crippen LogP contribution in [0.2, 0.25) is 0 Å². The first kappa shape index (κ1) is 12.9. The number of aliphatic hydroxyl groups is 1. The minimum absolute atomic E-state index is 0.0583. The van der Waals surface area contributed by atoms with Gasteiger partial charge in [-0.25, -0.2) is 0 Å². The standard InChI is InChI=1S/C12H20N2O2/c1-4-11-8-12(14(3)13-11)7-10(5-6-15)9(2)16/h8,10,15H,4-7H2,1-3H3. The minimum atomic E-state index is -0.0925. The first-order valence-electron chi connectivity index (χ1n) is 5.71. The summed E-state index contributed by atoms with van der Waals surface area (Å²) in [7, 11) is 1.89. The molecule has 0 amide bonds. The lowest BCUT2D eigenvalue weighted by Crippen LogP contribution is -2.17. The topological polar surface area (TPSA) is 55.1 Å². The predicted octanol–water partition coefficient (Wildman–Crippen LogP) is 1.11. The summed E-state index contributed by atoms with van der Waals surface area (Å²) < 4.78 is 1.83. The van der Waals surface area contributed by atoms with E-state index < -0.39 is 0 Å². The third-order valence-electron chi connectivity index (χ3n) is 2.90. The maximum absolute atomic E-state index is 11.4. The molecule has 0 aromatic carbocycles. The average molecular weight is 224 g/mol. The van der Waals surface area contributed by atoms with Gasteiger partial charge in [0.2, 0.25) is 0 Å². The van der Waals surface area contributed by atoms with Crippen molar-refractivity contribution in [3.8, 4) is 0 Å². The second kappa shape index (κ2) is 5.80. The fourth-order valence-corrected chi connectivity index (χ4v) is 1.79. The van der Waals surface area contributed by atoms with Crippen molar-refractivity contribution >= 4 is 5.78 Å². The molecule has 0 aliphatic heterocycles. The van der Waals surface area contributed by atoms with Crippen LogP contribution in [0.1, 0.15) is 31.7 Å². The zero-order valence-corrected chi connectivity index (χ0v) is 10.2. The zero-order chi connectivity index (χ0) is 12.1. The van der Waals surface area contributed by atoms with Crippen LogP contribution in [-0.4, -0.2) is 27.3 Å². The summed E-state index contributed by atoms with van der Waals surface area (Å²) in [6.07, 6.45) is 2.10. The van der Waals surface area contributed by atoms with Crippen molar-refractivity contribution in [3.05, 3.63) is 17.5 Å². The van der Waals surface area contributed by atoms with Gasteiger partial charge >= 0.3 is 0 Å². The molecule has 90 valence electrons. The molecule has 0 saturated heterocycles. The number of nitrogens with zero attached hydrogens (tertiary/aromatic N) is 2. The number of hydrogen-bond donors (Lipinski definition) is 1. The fourth-order valence-electron chi connectivity index (χ4n) is 1.79. The Balaban J connectivity index is 2.76. The van der Waals surface area contributed by atoms with Gasteiger partial charge in [-0.1, -0.05) is 6.92 Å². The second-order valence-corrected chi connectivity index (χ2v) is 4.13. The Kier molecular flexibility index (Phi) is 4.68. The summed E-state index contributed by atoms with van der Waals surface area (Å²) in [6.45, 7) is 3.70. The van der Waals surface area contributed by atoms with Gasteiger partial charge in [0, 0.05) is 25.3 Å². The number of aromatic nitrogens is 2. The van der Waals surface area contributed by atoms with Gasteiger partial charge in [-0.05, 0) is 32.3 Å². The molecular weight excluding hydrogens is 204 g/mol. The van der Waals surface area contributed by atoms with E-state index in [9.17, 15) is 4.79 Å². The lowest BCUT2D eigenvalue weighted by atomic mass is 9.95. The van der Waals surface area contributed by atoms with E-state index in [1.165, 1.54) is 0 Å². The zero-order valence-electron chi connectivity index (χ0n) is 10.2. The molecule has 1 rings (SSSR count). The molecule has 1 unspecified atom stereocenters. The van der Waals surface area contributed by atoms with E-state index >= 15 is 0 Å². The highest BCUT2D eigenvalue weighted by molar-refractivity contribution is 5.78. The van der Waals surface area contributed by atoms with E-state index in [1.807, 2.05) is 17.8 Å². The number of ketones is 1. The molecule has 0 aliphatic carbocycles. The summed E-state index contributed by atoms with van der Waals surface area (Å²) in [5, 5.41) is 13.3. The van der Waals surface area contributed by atoms with Gasteiger partial charge in [-0.15, -0.1) is 0 Å². The van der Waals surface area contributed by atoms with Crippen LogP contribution in [0.25, 0.3) is 0 Å². The SMILES string of the molecule is CCc1cc(CC(CCO)C(C)=O)n(C)n1. The molecule has 4 nitrogen and oxygen atoms in total. The third kappa shape index (κ3) is 3.17. The number of Topliss-reactive ketones (excluding diaryl/α,β-unsaturated/α-hetero) is 1. The first-order chi connectivity index (χ1) is 7.58. The number of carbonyl (C=O) groups is 1. The largest absolute Gasteiger partial charge is 0.396 e. The van der Waals surface area contributed by atoms with Crippen molar-refractivity contribution in [1.29, 1.82) is 0 Å². The average Bonchev–Trinajstić information content (AvgIpc) is 2.59. The van der Waals surface area contributed by atoms with Crippen molar-refractivity contribution in [2.75, 3.05) is 6.61 Å². The van der Waals surface area contributed by atoms with Crippen LogP contribution < -0.4 is 0 Å². The summed E-state index contributed by atoms with van der Waals surface area (Å²) in [5.41, 5.74) is 2.11. The summed E-state index contributed by atoms with van der Waals surface area (Å²) >= 11 is 0. The molecule has 1 N–H and O–H groups in total. The molecule has 1 aromatic rings. The van der Waals surface area contributed by atoms with E-state index in [1.54, 1.807) is 6.92 Å². The predicted molar refractivity (Wildman–Crippen MR) is 62.2 cm³/mol. The van der Waals surface area contributed by atoms with Crippen molar-refractivity contribution in [2.24, 2.45) is 13.0 Å². The Morgan fingerprint density at radius 2 is 2.31 bits per heavy atom. The molecule has 0 aliphatic rings. The number of hydrogen-bond acceptors (Lipinski definition) is 3. The van der Waals surface area contributed by atoms with E-state index in [4.69, 9.17) is 5.11 Å². The fraction of sp³-hybridized carbons (Fsp3) is 0.667. The van der Waals surface area contributed by atoms with Crippen LogP contribution in [-0.2, 0) is 24.7 Å². The second-order valence-electron chi connectivity index (χ2n) is 4.13. The van der Waals surface area contributed by atoms with E-state index in [2.05, 4.69) is 12.0 Å². The summed E-state index contributed by atoms with van der Waals surface area (Å²) in [6, 6.07) is 2.04.